The molecule has 0 aromatic rings. The third kappa shape index (κ3) is 14.6. The van der Waals surface area contributed by atoms with Crippen molar-refractivity contribution in [2.45, 2.75) is 66.5 Å². The molecule has 0 bridgehead atoms. The van der Waals surface area contributed by atoms with Crippen LogP contribution in [0.5, 0.6) is 0 Å². The number of nitrogens with one attached hydrogen (secondary N) is 3. The van der Waals surface area contributed by atoms with E-state index in [1.54, 1.807) is 6.92 Å². The van der Waals surface area contributed by atoms with E-state index in [2.05, 4.69) is 55.6 Å². The Labute approximate surface area is 158 Å². The van der Waals surface area contributed by atoms with Gasteiger partial charge in [-0.15, -0.1) is 24.0 Å². The highest BCUT2D eigenvalue weighted by atomic mass is 127. The van der Waals surface area contributed by atoms with E-state index in [4.69, 9.17) is 4.74 Å². The van der Waals surface area contributed by atoms with Gasteiger partial charge in [0.05, 0.1) is 19.2 Å². The number of amides is 1. The number of guanidine groups is 1. The van der Waals surface area contributed by atoms with Crippen molar-refractivity contribution in [3.8, 4) is 0 Å². The molecule has 0 saturated carbocycles. The molecule has 0 aliphatic carbocycles. The van der Waals surface area contributed by atoms with Crippen LogP contribution >= 0.6 is 24.0 Å². The van der Waals surface area contributed by atoms with Gasteiger partial charge in [-0.1, -0.05) is 13.8 Å². The molecule has 1 atom stereocenters. The van der Waals surface area contributed by atoms with Crippen LogP contribution in [0.15, 0.2) is 4.99 Å². The van der Waals surface area contributed by atoms with Gasteiger partial charge in [0.1, 0.15) is 0 Å². The van der Waals surface area contributed by atoms with Gasteiger partial charge in [0.25, 0.3) is 0 Å². The second-order valence-corrected chi connectivity index (χ2v) is 6.79. The molecule has 1 unspecified atom stereocenters. The van der Waals surface area contributed by atoms with Crippen molar-refractivity contribution in [3.05, 3.63) is 0 Å². The lowest BCUT2D eigenvalue weighted by atomic mass is 10.0. The summed E-state index contributed by atoms with van der Waals surface area (Å²) < 4.78 is 4.96. The van der Waals surface area contributed by atoms with Crippen LogP contribution in [-0.2, 0) is 4.74 Å². The van der Waals surface area contributed by atoms with Gasteiger partial charge in [-0.2, -0.15) is 0 Å². The van der Waals surface area contributed by atoms with Crippen molar-refractivity contribution >= 4 is 36.0 Å². The van der Waals surface area contributed by atoms with Crippen LogP contribution in [0.3, 0.4) is 0 Å². The first-order chi connectivity index (χ1) is 10.2. The molecule has 1 amide bonds. The quantitative estimate of drug-likeness (QED) is 0.322. The summed E-state index contributed by atoms with van der Waals surface area (Å²) in [5.41, 5.74) is -0.0664. The zero-order valence-electron chi connectivity index (χ0n) is 15.7. The Hall–Kier alpha value is -0.730. The van der Waals surface area contributed by atoms with Crippen LogP contribution in [-0.4, -0.2) is 43.3 Å². The van der Waals surface area contributed by atoms with Gasteiger partial charge >= 0.3 is 6.09 Å². The Morgan fingerprint density at radius 3 is 2.26 bits per heavy atom. The number of aliphatic imine (C=N–C) groups is 1. The van der Waals surface area contributed by atoms with Gasteiger partial charge in [0.15, 0.2) is 5.96 Å². The molecular formula is C16H35IN4O2. The zero-order chi connectivity index (χ0) is 17.2. The van der Waals surface area contributed by atoms with E-state index < -0.39 is 0 Å². The normalized spacial score (nSPS) is 13.1. The molecule has 7 heteroatoms. The molecule has 0 aliphatic heterocycles. The Morgan fingerprint density at radius 1 is 1.22 bits per heavy atom. The highest BCUT2D eigenvalue weighted by Crippen LogP contribution is 2.06. The average Bonchev–Trinajstić information content (AvgIpc) is 2.33. The minimum Gasteiger partial charge on any atom is -0.450 e. The number of carbonyl (C=O) groups is 1. The standard InChI is InChI=1S/C16H34N4O2.HI/c1-8-17-14(20-16(5,6)7)18-11-13(10-12(3)4)19-15(21)22-9-2;/h12-13H,8-11H2,1-7H3,(H,19,21)(H2,17,18,20);1H. The smallest absolute Gasteiger partial charge is 0.407 e. The van der Waals surface area contributed by atoms with Crippen LogP contribution in [0.25, 0.3) is 0 Å². The van der Waals surface area contributed by atoms with Crippen molar-refractivity contribution in [1.82, 2.24) is 16.0 Å². The lowest BCUT2D eigenvalue weighted by Crippen LogP contribution is -2.48. The first-order valence-electron chi connectivity index (χ1n) is 8.17. The van der Waals surface area contributed by atoms with E-state index in [0.717, 1.165) is 18.9 Å². The summed E-state index contributed by atoms with van der Waals surface area (Å²) in [6.07, 6.45) is 0.481. The number of nitrogens with zero attached hydrogens (tertiary/aromatic N) is 1. The fraction of sp³-hybridized carbons (Fsp3) is 0.875. The van der Waals surface area contributed by atoms with Crippen molar-refractivity contribution in [1.29, 1.82) is 0 Å². The van der Waals surface area contributed by atoms with Crippen LogP contribution < -0.4 is 16.0 Å². The Bertz CT molecular complexity index is 354. The number of hydrogen-bond acceptors (Lipinski definition) is 3. The maximum absolute atomic E-state index is 11.6. The summed E-state index contributed by atoms with van der Waals surface area (Å²) in [5, 5.41) is 9.45. The molecule has 0 saturated heterocycles. The number of halogens is 1. The molecule has 0 aromatic carbocycles. The van der Waals surface area contributed by atoms with Gasteiger partial charge in [-0.25, -0.2) is 4.79 Å². The van der Waals surface area contributed by atoms with Crippen molar-refractivity contribution in [3.63, 3.8) is 0 Å². The van der Waals surface area contributed by atoms with Gasteiger partial charge in [0, 0.05) is 12.1 Å². The van der Waals surface area contributed by atoms with Crippen molar-refractivity contribution in [2.24, 2.45) is 10.9 Å². The molecule has 0 aliphatic rings. The van der Waals surface area contributed by atoms with Crippen LogP contribution in [0, 0.1) is 5.92 Å². The number of rotatable bonds is 7. The van der Waals surface area contributed by atoms with Gasteiger partial charge in [-0.05, 0) is 47.0 Å². The largest absolute Gasteiger partial charge is 0.450 e. The molecule has 0 fully saturated rings. The van der Waals surface area contributed by atoms with E-state index in [-0.39, 0.29) is 41.7 Å². The second kappa shape index (κ2) is 12.7. The van der Waals surface area contributed by atoms with E-state index in [9.17, 15) is 4.79 Å². The predicted molar refractivity (Wildman–Crippen MR) is 108 cm³/mol. The maximum atomic E-state index is 11.6. The minimum atomic E-state index is -0.378. The first-order valence-corrected chi connectivity index (χ1v) is 8.17. The summed E-state index contributed by atoms with van der Waals surface area (Å²) in [4.78, 5) is 16.2. The molecule has 0 aromatic heterocycles. The maximum Gasteiger partial charge on any atom is 0.407 e. The van der Waals surface area contributed by atoms with Crippen LogP contribution in [0.2, 0.25) is 0 Å². The highest BCUT2D eigenvalue weighted by Gasteiger charge is 2.16. The zero-order valence-corrected chi connectivity index (χ0v) is 18.0. The number of carbonyl (C=O) groups excluding carboxylic acids is 1. The summed E-state index contributed by atoms with van der Waals surface area (Å²) in [6, 6.07) is -0.0329. The third-order valence-corrected chi connectivity index (χ3v) is 2.66. The van der Waals surface area contributed by atoms with E-state index in [1.807, 2.05) is 6.92 Å². The van der Waals surface area contributed by atoms with E-state index in [0.29, 0.717) is 19.1 Å². The van der Waals surface area contributed by atoms with Gasteiger partial charge < -0.3 is 20.7 Å². The topological polar surface area (TPSA) is 74.8 Å². The fourth-order valence-corrected chi connectivity index (χ4v) is 1.95. The molecule has 3 N–H and O–H groups in total. The van der Waals surface area contributed by atoms with Gasteiger partial charge in [-0.3, -0.25) is 4.99 Å². The SMILES string of the molecule is CCNC(=NCC(CC(C)C)NC(=O)OCC)NC(C)(C)C.I. The second-order valence-electron chi connectivity index (χ2n) is 6.79. The molecule has 0 spiro atoms. The molecule has 0 heterocycles. The summed E-state index contributed by atoms with van der Waals surface area (Å²) in [6.45, 7) is 16.0. The Morgan fingerprint density at radius 2 is 1.83 bits per heavy atom. The predicted octanol–water partition coefficient (Wildman–Crippen LogP) is 3.12. The minimum absolute atomic E-state index is 0. The van der Waals surface area contributed by atoms with Crippen molar-refractivity contribution < 1.29 is 9.53 Å². The lowest BCUT2D eigenvalue weighted by molar-refractivity contribution is 0.147. The summed E-state index contributed by atoms with van der Waals surface area (Å²) in [7, 11) is 0. The monoisotopic (exact) mass is 442 g/mol. The van der Waals surface area contributed by atoms with Crippen molar-refractivity contribution in [2.75, 3.05) is 19.7 Å². The molecule has 23 heavy (non-hydrogen) atoms. The number of hydrogen-bond donors (Lipinski definition) is 3. The van der Waals surface area contributed by atoms with E-state index >= 15 is 0 Å². The molecule has 6 nitrogen and oxygen atoms in total. The number of alkyl carbamates (subject to hydrolysis) is 1. The summed E-state index contributed by atoms with van der Waals surface area (Å²) in [5.74, 6) is 1.23. The van der Waals surface area contributed by atoms with E-state index in [1.165, 1.54) is 0 Å². The molecule has 0 radical (unpaired) electrons. The third-order valence-electron chi connectivity index (χ3n) is 2.66. The fourth-order valence-electron chi connectivity index (χ4n) is 1.95. The molecule has 0 rings (SSSR count). The first kappa shape index (κ1) is 24.5. The Kier molecular flexibility index (Phi) is 13.5. The highest BCUT2D eigenvalue weighted by molar-refractivity contribution is 14.0. The average molecular weight is 442 g/mol. The van der Waals surface area contributed by atoms with Crippen LogP contribution in [0.4, 0.5) is 4.79 Å². The lowest BCUT2D eigenvalue weighted by Gasteiger charge is -2.25. The van der Waals surface area contributed by atoms with Gasteiger partial charge in [0.2, 0.25) is 0 Å². The Balaban J connectivity index is 0. The molecular weight excluding hydrogens is 407 g/mol. The summed E-state index contributed by atoms with van der Waals surface area (Å²) >= 11 is 0. The van der Waals surface area contributed by atoms with Crippen LogP contribution in [0.1, 0.15) is 54.9 Å². The molecule has 138 valence electrons. The number of ether oxygens (including phenoxy) is 1.